The van der Waals surface area contributed by atoms with Crippen LogP contribution in [0.5, 0.6) is 0 Å². The molecule has 1 unspecified atom stereocenters. The van der Waals surface area contributed by atoms with E-state index in [0.717, 1.165) is 31.5 Å². The predicted octanol–water partition coefficient (Wildman–Crippen LogP) is 3.06. The topological polar surface area (TPSA) is 32.3 Å². The molecule has 1 fully saturated rings. The molecule has 2 rings (SSSR count). The van der Waals surface area contributed by atoms with Crippen molar-refractivity contribution < 1.29 is 13.6 Å². The summed E-state index contributed by atoms with van der Waals surface area (Å²) in [7, 11) is 1.89. The first-order valence-corrected chi connectivity index (χ1v) is 7.69. The van der Waals surface area contributed by atoms with E-state index in [1.54, 1.807) is 4.90 Å². The Morgan fingerprint density at radius 2 is 2.10 bits per heavy atom. The van der Waals surface area contributed by atoms with Gasteiger partial charge in [0.15, 0.2) is 11.6 Å². The summed E-state index contributed by atoms with van der Waals surface area (Å²) in [5, 5.41) is 3.12. The summed E-state index contributed by atoms with van der Waals surface area (Å²) in [6.45, 7) is 2.20. The van der Waals surface area contributed by atoms with Crippen molar-refractivity contribution in [2.45, 2.75) is 12.8 Å². The highest BCUT2D eigenvalue weighted by molar-refractivity contribution is 14.1. The van der Waals surface area contributed by atoms with E-state index in [9.17, 15) is 13.6 Å². The molecule has 1 aliphatic rings. The normalized spacial score (nSPS) is 18.3. The molecule has 0 aliphatic carbocycles. The van der Waals surface area contributed by atoms with Gasteiger partial charge in [-0.25, -0.2) is 8.78 Å². The molecule has 1 heterocycles. The highest BCUT2D eigenvalue weighted by Gasteiger charge is 2.26. The lowest BCUT2D eigenvalue weighted by Gasteiger charge is -2.33. The molecule has 0 radical (unpaired) electrons. The van der Waals surface area contributed by atoms with Crippen molar-refractivity contribution >= 4 is 40.9 Å². The van der Waals surface area contributed by atoms with Crippen LogP contribution < -0.4 is 5.32 Å². The highest BCUT2D eigenvalue weighted by atomic mass is 127. The fraction of sp³-hybridized carbons (Fsp3) is 0.500. The second-order valence-corrected chi connectivity index (χ2v) is 6.23. The first-order chi connectivity index (χ1) is 9.52. The van der Waals surface area contributed by atoms with Gasteiger partial charge in [0.25, 0.3) is 5.91 Å². The van der Waals surface area contributed by atoms with E-state index in [0.29, 0.717) is 22.6 Å². The molecule has 1 aliphatic heterocycles. The largest absolute Gasteiger partial charge is 0.338 e. The fourth-order valence-corrected chi connectivity index (χ4v) is 3.22. The van der Waals surface area contributed by atoms with Crippen LogP contribution in [0.1, 0.15) is 23.2 Å². The van der Waals surface area contributed by atoms with Gasteiger partial charge >= 0.3 is 0 Å². The van der Waals surface area contributed by atoms with E-state index in [1.807, 2.05) is 29.6 Å². The number of hydrogen-bond donors (Lipinski definition) is 1. The summed E-state index contributed by atoms with van der Waals surface area (Å²) in [5.41, 5.74) is 0.245. The zero-order chi connectivity index (χ0) is 14.7. The van der Waals surface area contributed by atoms with Crippen LogP contribution in [0.15, 0.2) is 12.1 Å². The minimum absolute atomic E-state index is 0. The van der Waals surface area contributed by atoms with E-state index < -0.39 is 11.6 Å². The molecule has 0 aromatic heterocycles. The maximum Gasteiger partial charge on any atom is 0.255 e. The Kier molecular flexibility index (Phi) is 7.29. The molecule has 1 amide bonds. The Hall–Kier alpha value is -0.470. The third kappa shape index (κ3) is 4.50. The van der Waals surface area contributed by atoms with E-state index in [-0.39, 0.29) is 23.9 Å². The second-order valence-electron chi connectivity index (χ2n) is 5.06. The molecular formula is C14H18ClF2IN2O. The lowest BCUT2D eigenvalue weighted by molar-refractivity contribution is 0.0672. The van der Waals surface area contributed by atoms with Gasteiger partial charge in [-0.05, 0) is 67.1 Å². The molecule has 1 N–H and O–H groups in total. The van der Waals surface area contributed by atoms with Crippen LogP contribution in [-0.2, 0) is 0 Å². The van der Waals surface area contributed by atoms with Crippen molar-refractivity contribution in [1.82, 2.24) is 10.2 Å². The van der Waals surface area contributed by atoms with Crippen LogP contribution in [-0.4, -0.2) is 37.5 Å². The Balaban J connectivity index is 0.00000220. The number of nitrogens with zero attached hydrogens (tertiary/aromatic N) is 1. The van der Waals surface area contributed by atoms with Crippen molar-refractivity contribution in [1.29, 1.82) is 0 Å². The number of hydrogen-bond acceptors (Lipinski definition) is 2. The van der Waals surface area contributed by atoms with Crippen LogP contribution in [0.4, 0.5) is 8.78 Å². The molecule has 3 nitrogen and oxygen atoms in total. The Morgan fingerprint density at radius 3 is 2.76 bits per heavy atom. The minimum atomic E-state index is -0.974. The van der Waals surface area contributed by atoms with Crippen molar-refractivity contribution in [3.05, 3.63) is 32.9 Å². The summed E-state index contributed by atoms with van der Waals surface area (Å²) < 4.78 is 26.9. The van der Waals surface area contributed by atoms with Crippen LogP contribution >= 0.6 is 35.0 Å². The number of amides is 1. The van der Waals surface area contributed by atoms with Crippen LogP contribution in [0.3, 0.4) is 0 Å². The van der Waals surface area contributed by atoms with Crippen molar-refractivity contribution in [2.75, 3.05) is 26.7 Å². The van der Waals surface area contributed by atoms with Gasteiger partial charge in [-0.3, -0.25) is 4.79 Å². The monoisotopic (exact) mass is 430 g/mol. The lowest BCUT2D eigenvalue weighted by Crippen LogP contribution is -2.42. The molecule has 1 atom stereocenters. The van der Waals surface area contributed by atoms with Gasteiger partial charge in [0.2, 0.25) is 0 Å². The number of nitrogens with one attached hydrogen (secondary N) is 1. The number of likely N-dealkylation sites (tertiary alicyclic amines) is 1. The third-order valence-electron chi connectivity index (χ3n) is 3.54. The number of rotatable bonds is 3. The van der Waals surface area contributed by atoms with Gasteiger partial charge in [-0.1, -0.05) is 0 Å². The molecular weight excluding hydrogens is 413 g/mol. The Labute approximate surface area is 143 Å². The standard InChI is InChI=1S/C14H17F2IN2O.ClH/c1-18-7-9-3-2-4-19(8-9)14(20)10-5-11(15)12(16)6-13(10)17;/h5-6,9,18H,2-4,7-8H2,1H3;1H. The highest BCUT2D eigenvalue weighted by Crippen LogP contribution is 2.22. The molecule has 0 bridgehead atoms. The average molecular weight is 431 g/mol. The zero-order valence-corrected chi connectivity index (χ0v) is 14.6. The van der Waals surface area contributed by atoms with Gasteiger partial charge in [0, 0.05) is 16.7 Å². The second kappa shape index (κ2) is 8.24. The number of carbonyl (C=O) groups is 1. The summed E-state index contributed by atoms with van der Waals surface area (Å²) >= 11 is 1.87. The van der Waals surface area contributed by atoms with Gasteiger partial charge in [0.05, 0.1) is 5.56 Å². The molecule has 1 aromatic carbocycles. The summed E-state index contributed by atoms with van der Waals surface area (Å²) in [5.74, 6) is -1.69. The quantitative estimate of drug-likeness (QED) is 0.590. The number of benzene rings is 1. The molecule has 21 heavy (non-hydrogen) atoms. The SMILES string of the molecule is CNCC1CCCN(C(=O)c2cc(F)c(F)cc2I)C1.Cl. The van der Waals surface area contributed by atoms with E-state index in [2.05, 4.69) is 5.32 Å². The predicted molar refractivity (Wildman–Crippen MR) is 88.9 cm³/mol. The minimum Gasteiger partial charge on any atom is -0.338 e. The first-order valence-electron chi connectivity index (χ1n) is 6.61. The summed E-state index contributed by atoms with van der Waals surface area (Å²) in [6.07, 6.45) is 2.03. The van der Waals surface area contributed by atoms with Crippen LogP contribution in [0.2, 0.25) is 0 Å². The maximum atomic E-state index is 13.3. The summed E-state index contributed by atoms with van der Waals surface area (Å²) in [6, 6.07) is 2.07. The van der Waals surface area contributed by atoms with Crippen molar-refractivity contribution in [2.24, 2.45) is 5.92 Å². The molecule has 1 aromatic rings. The summed E-state index contributed by atoms with van der Waals surface area (Å²) in [4.78, 5) is 14.2. The smallest absolute Gasteiger partial charge is 0.255 e. The molecule has 0 spiro atoms. The first kappa shape index (κ1) is 18.6. The Bertz CT molecular complexity index is 514. The number of piperidine rings is 1. The zero-order valence-electron chi connectivity index (χ0n) is 11.7. The number of carbonyl (C=O) groups excluding carboxylic acids is 1. The van der Waals surface area contributed by atoms with Gasteiger partial charge < -0.3 is 10.2 Å². The third-order valence-corrected chi connectivity index (χ3v) is 4.43. The fourth-order valence-electron chi connectivity index (χ4n) is 2.56. The number of halogens is 4. The van der Waals surface area contributed by atoms with Crippen LogP contribution in [0, 0.1) is 21.1 Å². The van der Waals surface area contributed by atoms with Crippen molar-refractivity contribution in [3.8, 4) is 0 Å². The molecule has 0 saturated carbocycles. The van der Waals surface area contributed by atoms with Gasteiger partial charge in [-0.2, -0.15) is 0 Å². The molecule has 1 saturated heterocycles. The maximum absolute atomic E-state index is 13.3. The molecule has 7 heteroatoms. The van der Waals surface area contributed by atoms with E-state index >= 15 is 0 Å². The Morgan fingerprint density at radius 1 is 1.43 bits per heavy atom. The molecule has 118 valence electrons. The average Bonchev–Trinajstić information content (AvgIpc) is 2.43. The van der Waals surface area contributed by atoms with Crippen LogP contribution in [0.25, 0.3) is 0 Å². The van der Waals surface area contributed by atoms with Gasteiger partial charge in [-0.15, -0.1) is 12.4 Å². The van der Waals surface area contributed by atoms with Crippen molar-refractivity contribution in [3.63, 3.8) is 0 Å². The van der Waals surface area contributed by atoms with E-state index in [1.165, 1.54) is 0 Å². The lowest BCUT2D eigenvalue weighted by atomic mass is 9.97. The van der Waals surface area contributed by atoms with E-state index in [4.69, 9.17) is 0 Å². The van der Waals surface area contributed by atoms with Gasteiger partial charge in [0.1, 0.15) is 0 Å².